The Kier molecular flexibility index (Phi) is 3.51. The number of hydrogen-bond donors (Lipinski definition) is 1. The zero-order chi connectivity index (χ0) is 11.4. The third-order valence-corrected chi connectivity index (χ3v) is 2.89. The molecule has 0 radical (unpaired) electrons. The highest BCUT2D eigenvalue weighted by atomic mass is 16.5. The van der Waals surface area contributed by atoms with E-state index in [4.69, 9.17) is 9.63 Å². The average molecular weight is 225 g/mol. The lowest BCUT2D eigenvalue weighted by molar-refractivity contribution is -0.143. The number of carboxylic acid groups (broad SMARTS) is 1. The fraction of sp³-hybridized carbons (Fsp3) is 0.700. The molecule has 1 aromatic rings. The SMILES string of the molecule is O=C(O)C1CCCCCN1Cc1ncno1. The van der Waals surface area contributed by atoms with Crippen LogP contribution >= 0.6 is 0 Å². The third-order valence-electron chi connectivity index (χ3n) is 2.89. The molecular weight excluding hydrogens is 210 g/mol. The standard InChI is InChI=1S/C10H15N3O3/c14-10(15)8-4-2-1-3-5-13(8)6-9-11-7-12-16-9/h7-8H,1-6H2,(H,14,15). The van der Waals surface area contributed by atoms with Gasteiger partial charge in [-0.3, -0.25) is 9.69 Å². The van der Waals surface area contributed by atoms with Crippen molar-refractivity contribution in [3.05, 3.63) is 12.2 Å². The van der Waals surface area contributed by atoms with Gasteiger partial charge in [-0.15, -0.1) is 0 Å². The normalized spacial score (nSPS) is 22.9. The lowest BCUT2D eigenvalue weighted by atomic mass is 10.1. The Balaban J connectivity index is 2.05. The average Bonchev–Trinajstić information content (AvgIpc) is 2.63. The van der Waals surface area contributed by atoms with Crippen molar-refractivity contribution in [3.8, 4) is 0 Å². The Hall–Kier alpha value is -1.43. The summed E-state index contributed by atoms with van der Waals surface area (Å²) in [7, 11) is 0. The quantitative estimate of drug-likeness (QED) is 0.823. The summed E-state index contributed by atoms with van der Waals surface area (Å²) < 4.78 is 4.91. The van der Waals surface area contributed by atoms with E-state index >= 15 is 0 Å². The minimum atomic E-state index is -0.763. The summed E-state index contributed by atoms with van der Waals surface area (Å²) in [6.45, 7) is 1.20. The predicted molar refractivity (Wildman–Crippen MR) is 54.6 cm³/mol. The van der Waals surface area contributed by atoms with Crippen LogP contribution in [-0.2, 0) is 11.3 Å². The molecule has 1 aliphatic heterocycles. The first-order valence-corrected chi connectivity index (χ1v) is 5.50. The maximum absolute atomic E-state index is 11.1. The van der Waals surface area contributed by atoms with E-state index < -0.39 is 12.0 Å². The topological polar surface area (TPSA) is 79.5 Å². The van der Waals surface area contributed by atoms with Gasteiger partial charge in [-0.05, 0) is 19.4 Å². The molecule has 2 rings (SSSR count). The number of aromatic nitrogens is 2. The zero-order valence-corrected chi connectivity index (χ0v) is 9.00. The van der Waals surface area contributed by atoms with Gasteiger partial charge in [0, 0.05) is 0 Å². The first-order chi connectivity index (χ1) is 7.77. The second-order valence-electron chi connectivity index (χ2n) is 4.01. The van der Waals surface area contributed by atoms with E-state index in [1.165, 1.54) is 6.33 Å². The Bertz CT molecular complexity index is 339. The second kappa shape index (κ2) is 5.07. The van der Waals surface area contributed by atoms with Gasteiger partial charge in [0.05, 0.1) is 6.54 Å². The summed E-state index contributed by atoms with van der Waals surface area (Å²) in [6.07, 6.45) is 5.12. The van der Waals surface area contributed by atoms with Crippen molar-refractivity contribution in [1.82, 2.24) is 15.0 Å². The molecule has 1 aromatic heterocycles. The van der Waals surface area contributed by atoms with Crippen LogP contribution in [0.4, 0.5) is 0 Å². The zero-order valence-electron chi connectivity index (χ0n) is 9.00. The second-order valence-corrected chi connectivity index (χ2v) is 4.01. The summed E-state index contributed by atoms with van der Waals surface area (Å²) in [5, 5.41) is 12.7. The molecule has 1 aliphatic rings. The van der Waals surface area contributed by atoms with Crippen molar-refractivity contribution in [3.63, 3.8) is 0 Å². The molecule has 6 nitrogen and oxygen atoms in total. The molecule has 1 unspecified atom stereocenters. The first-order valence-electron chi connectivity index (χ1n) is 5.50. The van der Waals surface area contributed by atoms with Crippen LogP contribution in [0, 0.1) is 0 Å². The number of aliphatic carboxylic acids is 1. The van der Waals surface area contributed by atoms with E-state index in [0.29, 0.717) is 18.9 Å². The monoisotopic (exact) mass is 225 g/mol. The van der Waals surface area contributed by atoms with Crippen molar-refractivity contribution in [2.75, 3.05) is 6.54 Å². The van der Waals surface area contributed by atoms with Crippen LogP contribution in [0.3, 0.4) is 0 Å². The minimum Gasteiger partial charge on any atom is -0.480 e. The molecule has 88 valence electrons. The van der Waals surface area contributed by atoms with Gasteiger partial charge in [0.15, 0.2) is 6.33 Å². The van der Waals surface area contributed by atoms with Crippen molar-refractivity contribution in [2.45, 2.75) is 38.3 Å². The van der Waals surface area contributed by atoms with Crippen LogP contribution in [-0.4, -0.2) is 38.7 Å². The summed E-state index contributed by atoms with van der Waals surface area (Å²) in [6, 6.07) is -0.422. The third kappa shape index (κ3) is 2.57. The molecule has 1 fully saturated rings. The molecule has 1 atom stereocenters. The van der Waals surface area contributed by atoms with Gasteiger partial charge in [-0.2, -0.15) is 4.98 Å². The number of carbonyl (C=O) groups is 1. The number of carboxylic acids is 1. The van der Waals surface area contributed by atoms with E-state index in [9.17, 15) is 4.79 Å². The number of hydrogen-bond acceptors (Lipinski definition) is 5. The van der Waals surface area contributed by atoms with E-state index in [0.717, 1.165) is 25.8 Å². The molecule has 2 heterocycles. The molecule has 0 amide bonds. The first kappa shape index (κ1) is 11.1. The van der Waals surface area contributed by atoms with Gasteiger partial charge in [-0.1, -0.05) is 18.0 Å². The van der Waals surface area contributed by atoms with Crippen LogP contribution in [0.15, 0.2) is 10.9 Å². The van der Waals surface area contributed by atoms with Gasteiger partial charge in [0.2, 0.25) is 5.89 Å². The molecule has 1 saturated heterocycles. The minimum absolute atomic E-state index is 0.422. The van der Waals surface area contributed by atoms with Crippen LogP contribution in [0.1, 0.15) is 31.6 Å². The van der Waals surface area contributed by atoms with Gasteiger partial charge < -0.3 is 9.63 Å². The molecule has 16 heavy (non-hydrogen) atoms. The molecule has 1 N–H and O–H groups in total. The van der Waals surface area contributed by atoms with E-state index in [-0.39, 0.29) is 0 Å². The highest BCUT2D eigenvalue weighted by Crippen LogP contribution is 2.18. The van der Waals surface area contributed by atoms with Crippen molar-refractivity contribution >= 4 is 5.97 Å². The van der Waals surface area contributed by atoms with Crippen LogP contribution in [0.5, 0.6) is 0 Å². The van der Waals surface area contributed by atoms with Gasteiger partial charge in [0.1, 0.15) is 6.04 Å². The largest absolute Gasteiger partial charge is 0.480 e. The molecule has 6 heteroatoms. The summed E-state index contributed by atoms with van der Waals surface area (Å²) in [4.78, 5) is 17.0. The Morgan fingerprint density at radius 3 is 3.12 bits per heavy atom. The predicted octanol–water partition coefficient (Wildman–Crippen LogP) is 0.899. The van der Waals surface area contributed by atoms with E-state index in [1.807, 2.05) is 4.90 Å². The van der Waals surface area contributed by atoms with Crippen LogP contribution in [0.25, 0.3) is 0 Å². The molecule has 0 saturated carbocycles. The lowest BCUT2D eigenvalue weighted by Gasteiger charge is -2.24. The fourth-order valence-electron chi connectivity index (χ4n) is 2.08. The molecule has 0 bridgehead atoms. The Morgan fingerprint density at radius 1 is 1.56 bits per heavy atom. The summed E-state index contributed by atoms with van der Waals surface area (Å²) >= 11 is 0. The fourth-order valence-corrected chi connectivity index (χ4v) is 2.08. The highest BCUT2D eigenvalue weighted by Gasteiger charge is 2.27. The van der Waals surface area contributed by atoms with Gasteiger partial charge >= 0.3 is 5.97 Å². The highest BCUT2D eigenvalue weighted by molar-refractivity contribution is 5.73. The van der Waals surface area contributed by atoms with Crippen LogP contribution in [0.2, 0.25) is 0 Å². The van der Waals surface area contributed by atoms with Crippen molar-refractivity contribution < 1.29 is 14.4 Å². The van der Waals surface area contributed by atoms with Gasteiger partial charge in [0.25, 0.3) is 0 Å². The van der Waals surface area contributed by atoms with Crippen molar-refractivity contribution in [1.29, 1.82) is 0 Å². The summed E-state index contributed by atoms with van der Waals surface area (Å²) in [5.41, 5.74) is 0. The molecular formula is C10H15N3O3. The summed E-state index contributed by atoms with van der Waals surface area (Å²) in [5.74, 6) is -0.283. The maximum atomic E-state index is 11.1. The van der Waals surface area contributed by atoms with Crippen LogP contribution < -0.4 is 0 Å². The maximum Gasteiger partial charge on any atom is 0.320 e. The number of likely N-dealkylation sites (tertiary alicyclic amines) is 1. The van der Waals surface area contributed by atoms with E-state index in [1.54, 1.807) is 0 Å². The number of rotatable bonds is 3. The Labute approximate surface area is 93.2 Å². The molecule has 0 aromatic carbocycles. The Morgan fingerprint density at radius 2 is 2.44 bits per heavy atom. The lowest BCUT2D eigenvalue weighted by Crippen LogP contribution is -2.40. The van der Waals surface area contributed by atoms with Crippen molar-refractivity contribution in [2.24, 2.45) is 0 Å². The number of nitrogens with zero attached hydrogens (tertiary/aromatic N) is 3. The van der Waals surface area contributed by atoms with Gasteiger partial charge in [-0.25, -0.2) is 0 Å². The molecule has 0 spiro atoms. The molecule has 0 aliphatic carbocycles. The smallest absolute Gasteiger partial charge is 0.320 e. The van der Waals surface area contributed by atoms with E-state index in [2.05, 4.69) is 10.1 Å².